The van der Waals surface area contributed by atoms with Crippen molar-refractivity contribution in [3.63, 3.8) is 0 Å². The first-order valence-corrected chi connectivity index (χ1v) is 7.59. The lowest BCUT2D eigenvalue weighted by Gasteiger charge is -2.28. The minimum atomic E-state index is -0.381. The third kappa shape index (κ3) is 8.51. The SMILES string of the molecule is CC(C)[C@@H](N)C(=O)N(CCCN(C)C)CCCN(C)C. The molecule has 0 aromatic rings. The van der Waals surface area contributed by atoms with E-state index in [1.54, 1.807) is 0 Å². The molecule has 0 aromatic heterocycles. The summed E-state index contributed by atoms with van der Waals surface area (Å²) >= 11 is 0. The Morgan fingerprint density at radius 2 is 1.30 bits per heavy atom. The van der Waals surface area contributed by atoms with Crippen LogP contribution in [0.4, 0.5) is 0 Å². The Hall–Kier alpha value is -0.650. The molecular weight excluding hydrogens is 252 g/mol. The van der Waals surface area contributed by atoms with Crippen molar-refractivity contribution in [3.05, 3.63) is 0 Å². The zero-order chi connectivity index (χ0) is 15.7. The summed E-state index contributed by atoms with van der Waals surface area (Å²) in [6.45, 7) is 7.58. The molecule has 0 rings (SSSR count). The van der Waals surface area contributed by atoms with Gasteiger partial charge in [-0.05, 0) is 60.0 Å². The van der Waals surface area contributed by atoms with Gasteiger partial charge in [0.25, 0.3) is 0 Å². The summed E-state index contributed by atoms with van der Waals surface area (Å²) in [5.41, 5.74) is 6.01. The van der Waals surface area contributed by atoms with E-state index >= 15 is 0 Å². The Kier molecular flexibility index (Phi) is 9.80. The molecule has 2 N–H and O–H groups in total. The van der Waals surface area contributed by atoms with Crippen LogP contribution in [0.15, 0.2) is 0 Å². The summed E-state index contributed by atoms with van der Waals surface area (Å²) in [5.74, 6) is 0.283. The van der Waals surface area contributed by atoms with Gasteiger partial charge in [-0.1, -0.05) is 13.8 Å². The molecule has 5 nitrogen and oxygen atoms in total. The molecule has 0 aromatic carbocycles. The third-order valence-electron chi connectivity index (χ3n) is 3.38. The van der Waals surface area contributed by atoms with Crippen molar-refractivity contribution in [1.82, 2.24) is 14.7 Å². The molecule has 0 aliphatic heterocycles. The van der Waals surface area contributed by atoms with Crippen molar-refractivity contribution in [1.29, 1.82) is 0 Å². The molecule has 0 saturated heterocycles. The smallest absolute Gasteiger partial charge is 0.239 e. The summed E-state index contributed by atoms with van der Waals surface area (Å²) in [4.78, 5) is 18.6. The number of amides is 1. The molecule has 0 aliphatic carbocycles. The zero-order valence-electron chi connectivity index (χ0n) is 14.2. The van der Waals surface area contributed by atoms with Crippen molar-refractivity contribution in [3.8, 4) is 0 Å². The number of hydrogen-bond donors (Lipinski definition) is 1. The van der Waals surface area contributed by atoms with E-state index in [1.165, 1.54) is 0 Å². The van der Waals surface area contributed by atoms with E-state index in [9.17, 15) is 4.79 Å². The van der Waals surface area contributed by atoms with Crippen LogP contribution in [-0.4, -0.2) is 81.0 Å². The fourth-order valence-electron chi connectivity index (χ4n) is 1.98. The molecule has 0 bridgehead atoms. The van der Waals surface area contributed by atoms with Crippen LogP contribution in [0.5, 0.6) is 0 Å². The van der Waals surface area contributed by atoms with Gasteiger partial charge in [-0.25, -0.2) is 0 Å². The fourth-order valence-corrected chi connectivity index (χ4v) is 1.98. The quantitative estimate of drug-likeness (QED) is 0.642. The van der Waals surface area contributed by atoms with E-state index in [0.717, 1.165) is 39.0 Å². The Labute approximate surface area is 125 Å². The van der Waals surface area contributed by atoms with E-state index in [4.69, 9.17) is 5.73 Å². The summed E-state index contributed by atoms with van der Waals surface area (Å²) in [6, 6.07) is -0.381. The average Bonchev–Trinajstić information content (AvgIpc) is 2.34. The third-order valence-corrected chi connectivity index (χ3v) is 3.38. The first kappa shape index (κ1) is 19.4. The molecule has 1 amide bonds. The molecule has 0 aliphatic rings. The Balaban J connectivity index is 4.40. The van der Waals surface area contributed by atoms with Gasteiger partial charge in [-0.3, -0.25) is 4.79 Å². The van der Waals surface area contributed by atoms with Crippen LogP contribution < -0.4 is 5.73 Å². The minimum absolute atomic E-state index is 0.0949. The number of carbonyl (C=O) groups excluding carboxylic acids is 1. The highest BCUT2D eigenvalue weighted by Crippen LogP contribution is 2.06. The molecule has 5 heteroatoms. The summed E-state index contributed by atoms with van der Waals surface area (Å²) in [7, 11) is 8.21. The lowest BCUT2D eigenvalue weighted by molar-refractivity contribution is -0.133. The van der Waals surface area contributed by atoms with Crippen LogP contribution in [0.25, 0.3) is 0 Å². The number of carbonyl (C=O) groups is 1. The van der Waals surface area contributed by atoms with Gasteiger partial charge in [0.1, 0.15) is 0 Å². The lowest BCUT2D eigenvalue weighted by atomic mass is 10.0. The normalized spacial score (nSPS) is 13.3. The van der Waals surface area contributed by atoms with E-state index in [2.05, 4.69) is 38.0 Å². The van der Waals surface area contributed by atoms with Crippen LogP contribution >= 0.6 is 0 Å². The molecule has 0 heterocycles. The highest BCUT2D eigenvalue weighted by Gasteiger charge is 2.23. The second-order valence-corrected chi connectivity index (χ2v) is 6.41. The predicted octanol–water partition coefficient (Wildman–Crippen LogP) is 0.702. The summed E-state index contributed by atoms with van der Waals surface area (Å²) in [5, 5.41) is 0. The van der Waals surface area contributed by atoms with E-state index in [-0.39, 0.29) is 17.9 Å². The van der Waals surface area contributed by atoms with Gasteiger partial charge in [0.2, 0.25) is 5.91 Å². The number of nitrogens with two attached hydrogens (primary N) is 1. The number of nitrogens with zero attached hydrogens (tertiary/aromatic N) is 3. The van der Waals surface area contributed by atoms with E-state index in [1.807, 2.05) is 18.7 Å². The summed E-state index contributed by atoms with van der Waals surface area (Å²) < 4.78 is 0. The highest BCUT2D eigenvalue weighted by atomic mass is 16.2. The predicted molar refractivity (Wildman–Crippen MR) is 85.7 cm³/mol. The Morgan fingerprint density at radius 3 is 1.60 bits per heavy atom. The van der Waals surface area contributed by atoms with Gasteiger partial charge in [0.15, 0.2) is 0 Å². The average molecular weight is 286 g/mol. The number of rotatable bonds is 10. The summed E-state index contributed by atoms with van der Waals surface area (Å²) in [6.07, 6.45) is 1.98. The molecular formula is C15H34N4O. The van der Waals surface area contributed by atoms with Crippen molar-refractivity contribution >= 4 is 5.91 Å². The van der Waals surface area contributed by atoms with E-state index in [0.29, 0.717) is 0 Å². The van der Waals surface area contributed by atoms with Gasteiger partial charge < -0.3 is 20.4 Å². The number of hydrogen-bond acceptors (Lipinski definition) is 4. The topological polar surface area (TPSA) is 52.8 Å². The molecule has 0 unspecified atom stereocenters. The maximum atomic E-state index is 12.4. The van der Waals surface area contributed by atoms with Crippen LogP contribution in [0.1, 0.15) is 26.7 Å². The molecule has 1 atom stereocenters. The van der Waals surface area contributed by atoms with Gasteiger partial charge in [-0.2, -0.15) is 0 Å². The van der Waals surface area contributed by atoms with Crippen molar-refractivity contribution in [2.75, 3.05) is 54.4 Å². The minimum Gasteiger partial charge on any atom is -0.341 e. The monoisotopic (exact) mass is 286 g/mol. The highest BCUT2D eigenvalue weighted by molar-refractivity contribution is 5.81. The van der Waals surface area contributed by atoms with E-state index < -0.39 is 0 Å². The molecule has 0 fully saturated rings. The first-order chi connectivity index (χ1) is 9.25. The standard InChI is InChI=1S/C15H34N4O/c1-13(2)14(16)15(20)19(11-7-9-17(3)4)12-8-10-18(5)6/h13-14H,7-12,16H2,1-6H3/t14-/m1/s1. The van der Waals surface area contributed by atoms with Gasteiger partial charge >= 0.3 is 0 Å². The van der Waals surface area contributed by atoms with Crippen molar-refractivity contribution in [2.45, 2.75) is 32.7 Å². The Morgan fingerprint density at radius 1 is 0.900 bits per heavy atom. The largest absolute Gasteiger partial charge is 0.341 e. The van der Waals surface area contributed by atoms with Gasteiger partial charge in [0, 0.05) is 13.1 Å². The van der Waals surface area contributed by atoms with Crippen molar-refractivity contribution in [2.24, 2.45) is 11.7 Å². The molecule has 20 heavy (non-hydrogen) atoms. The maximum absolute atomic E-state index is 12.4. The van der Waals surface area contributed by atoms with Crippen LogP contribution in [-0.2, 0) is 4.79 Å². The second-order valence-electron chi connectivity index (χ2n) is 6.41. The van der Waals surface area contributed by atoms with Gasteiger partial charge in [0.05, 0.1) is 6.04 Å². The second kappa shape index (κ2) is 10.1. The zero-order valence-corrected chi connectivity index (χ0v) is 14.2. The fraction of sp³-hybridized carbons (Fsp3) is 0.933. The van der Waals surface area contributed by atoms with Crippen LogP contribution in [0, 0.1) is 5.92 Å². The molecule has 0 saturated carbocycles. The maximum Gasteiger partial charge on any atom is 0.239 e. The first-order valence-electron chi connectivity index (χ1n) is 7.59. The van der Waals surface area contributed by atoms with Crippen molar-refractivity contribution < 1.29 is 4.79 Å². The van der Waals surface area contributed by atoms with Crippen LogP contribution in [0.3, 0.4) is 0 Å². The molecule has 120 valence electrons. The molecule has 0 radical (unpaired) electrons. The van der Waals surface area contributed by atoms with Gasteiger partial charge in [-0.15, -0.1) is 0 Å². The lowest BCUT2D eigenvalue weighted by Crippen LogP contribution is -2.47. The Bertz CT molecular complexity index is 253. The molecule has 0 spiro atoms. The van der Waals surface area contributed by atoms with Crippen LogP contribution in [0.2, 0.25) is 0 Å².